The maximum absolute atomic E-state index is 13.1. The van der Waals surface area contributed by atoms with E-state index in [0.717, 1.165) is 23.0 Å². The Morgan fingerprint density at radius 1 is 1.27 bits per heavy atom. The molecule has 0 unspecified atom stereocenters. The molecule has 1 aromatic carbocycles. The molecule has 0 spiro atoms. The molecule has 2 rings (SSSR count). The zero-order valence-electron chi connectivity index (χ0n) is 8.30. The van der Waals surface area contributed by atoms with Crippen LogP contribution in [-0.4, -0.2) is 6.54 Å². The summed E-state index contributed by atoms with van der Waals surface area (Å²) in [5.41, 5.74) is 1.05. The van der Waals surface area contributed by atoms with E-state index in [4.69, 9.17) is 0 Å². The fraction of sp³-hybridized carbons (Fsp3) is 0.455. The van der Waals surface area contributed by atoms with Gasteiger partial charge < -0.3 is 5.32 Å². The van der Waals surface area contributed by atoms with Crippen LogP contribution in [0.4, 0.5) is 4.39 Å². The van der Waals surface area contributed by atoms with Gasteiger partial charge in [-0.05, 0) is 43.1 Å². The zero-order valence-corrected chi connectivity index (χ0v) is 10.7. The van der Waals surface area contributed by atoms with Crippen molar-refractivity contribution in [1.82, 2.24) is 5.32 Å². The summed E-state index contributed by atoms with van der Waals surface area (Å²) in [6, 6.07) is 5.43. The molecule has 4 heteroatoms. The summed E-state index contributed by atoms with van der Waals surface area (Å²) in [5, 5.41) is 3.40. The number of hydrogen-bond donors (Lipinski definition) is 1. The van der Waals surface area contributed by atoms with Crippen molar-refractivity contribution in [1.29, 1.82) is 0 Å². The Morgan fingerprint density at radius 2 is 2.07 bits per heavy atom. The molecule has 84 valence electrons. The molecule has 1 heterocycles. The molecule has 0 aliphatic carbocycles. The van der Waals surface area contributed by atoms with Crippen molar-refractivity contribution in [3.63, 3.8) is 0 Å². The average molecular weight is 295 g/mol. The minimum Gasteiger partial charge on any atom is -0.310 e. The fourth-order valence-corrected chi connectivity index (χ4v) is 2.40. The van der Waals surface area contributed by atoms with E-state index >= 15 is 0 Å². The Morgan fingerprint density at radius 3 is 2.67 bits per heavy atom. The Labute approximate surface area is 104 Å². The molecule has 1 aromatic rings. The highest BCUT2D eigenvalue weighted by Crippen LogP contribution is 2.26. The molecule has 1 fully saturated rings. The predicted molar refractivity (Wildman–Crippen MR) is 65.9 cm³/mol. The van der Waals surface area contributed by atoms with Crippen LogP contribution in [0.1, 0.15) is 30.9 Å². The standard InChI is InChI=1S/C11H13BrFN.ClH/c12-9-5-8(6-10(13)7-9)11-3-1-2-4-14-11;/h5-7,11,14H,1-4H2;1H/t11-;/m1./s1. The van der Waals surface area contributed by atoms with Crippen LogP contribution in [0, 0.1) is 5.82 Å². The lowest BCUT2D eigenvalue weighted by Gasteiger charge is -2.24. The molecule has 1 saturated heterocycles. The Balaban J connectivity index is 0.00000112. The summed E-state index contributed by atoms with van der Waals surface area (Å²) < 4.78 is 13.9. The molecule has 1 aliphatic heterocycles. The Hall–Kier alpha value is -0.120. The van der Waals surface area contributed by atoms with Crippen LogP contribution in [0.25, 0.3) is 0 Å². The lowest BCUT2D eigenvalue weighted by Crippen LogP contribution is -2.26. The topological polar surface area (TPSA) is 12.0 Å². The molecule has 15 heavy (non-hydrogen) atoms. The quantitative estimate of drug-likeness (QED) is 0.830. The van der Waals surface area contributed by atoms with Gasteiger partial charge in [0.1, 0.15) is 5.82 Å². The lowest BCUT2D eigenvalue weighted by molar-refractivity contribution is 0.411. The van der Waals surface area contributed by atoms with Gasteiger partial charge in [-0.25, -0.2) is 4.39 Å². The molecule has 1 nitrogen and oxygen atoms in total. The van der Waals surface area contributed by atoms with Crippen LogP contribution >= 0.6 is 28.3 Å². The van der Waals surface area contributed by atoms with Gasteiger partial charge in [0, 0.05) is 10.5 Å². The van der Waals surface area contributed by atoms with Crippen molar-refractivity contribution >= 4 is 28.3 Å². The number of piperidine rings is 1. The van der Waals surface area contributed by atoms with Crippen molar-refractivity contribution in [3.8, 4) is 0 Å². The molecule has 1 atom stereocenters. The predicted octanol–water partition coefficient (Wildman–Crippen LogP) is 3.82. The molecule has 0 saturated carbocycles. The molecule has 0 amide bonds. The van der Waals surface area contributed by atoms with Gasteiger partial charge in [0.2, 0.25) is 0 Å². The molecule has 0 radical (unpaired) electrons. The van der Waals surface area contributed by atoms with Crippen molar-refractivity contribution in [2.45, 2.75) is 25.3 Å². The second-order valence-electron chi connectivity index (χ2n) is 3.71. The minimum absolute atomic E-state index is 0. The molecule has 1 aliphatic rings. The molecule has 0 bridgehead atoms. The van der Waals surface area contributed by atoms with E-state index in [1.165, 1.54) is 18.9 Å². The first-order valence-corrected chi connectivity index (χ1v) is 5.74. The van der Waals surface area contributed by atoms with Gasteiger partial charge in [-0.2, -0.15) is 0 Å². The summed E-state index contributed by atoms with van der Waals surface area (Å²) in [6.45, 7) is 1.04. The first-order chi connectivity index (χ1) is 6.75. The van der Waals surface area contributed by atoms with Crippen molar-refractivity contribution < 1.29 is 4.39 Å². The second-order valence-corrected chi connectivity index (χ2v) is 4.62. The third kappa shape index (κ3) is 3.44. The highest BCUT2D eigenvalue weighted by atomic mass is 79.9. The van der Waals surface area contributed by atoms with E-state index < -0.39 is 0 Å². The highest BCUT2D eigenvalue weighted by molar-refractivity contribution is 9.10. The minimum atomic E-state index is -0.165. The third-order valence-electron chi connectivity index (χ3n) is 2.60. The first-order valence-electron chi connectivity index (χ1n) is 4.95. The van der Waals surface area contributed by atoms with Crippen molar-refractivity contribution in [2.75, 3.05) is 6.54 Å². The van der Waals surface area contributed by atoms with Crippen LogP contribution in [0.3, 0.4) is 0 Å². The van der Waals surface area contributed by atoms with Gasteiger partial charge in [0.25, 0.3) is 0 Å². The number of nitrogens with one attached hydrogen (secondary N) is 1. The van der Waals surface area contributed by atoms with Gasteiger partial charge >= 0.3 is 0 Å². The molecular formula is C11H14BrClFN. The zero-order chi connectivity index (χ0) is 9.97. The van der Waals surface area contributed by atoms with E-state index in [-0.39, 0.29) is 18.2 Å². The van der Waals surface area contributed by atoms with Crippen LogP contribution < -0.4 is 5.32 Å². The van der Waals surface area contributed by atoms with E-state index in [1.807, 2.05) is 6.07 Å². The summed E-state index contributed by atoms with van der Waals surface area (Å²) in [7, 11) is 0. The van der Waals surface area contributed by atoms with Crippen LogP contribution in [0.15, 0.2) is 22.7 Å². The second kappa shape index (κ2) is 5.83. The number of halogens is 3. The SMILES string of the molecule is Cl.Fc1cc(Br)cc([C@H]2CCCCN2)c1. The summed E-state index contributed by atoms with van der Waals surface area (Å²) in [5.74, 6) is -0.165. The van der Waals surface area contributed by atoms with E-state index in [9.17, 15) is 4.39 Å². The molecular weight excluding hydrogens is 280 g/mol. The Kier molecular flexibility index (Phi) is 5.03. The van der Waals surface area contributed by atoms with Crippen LogP contribution in [0.2, 0.25) is 0 Å². The summed E-state index contributed by atoms with van der Waals surface area (Å²) >= 11 is 3.31. The van der Waals surface area contributed by atoms with E-state index in [0.29, 0.717) is 6.04 Å². The molecule has 1 N–H and O–H groups in total. The third-order valence-corrected chi connectivity index (χ3v) is 3.06. The van der Waals surface area contributed by atoms with E-state index in [1.54, 1.807) is 6.07 Å². The van der Waals surface area contributed by atoms with Gasteiger partial charge in [0.05, 0.1) is 0 Å². The van der Waals surface area contributed by atoms with Gasteiger partial charge in [-0.3, -0.25) is 0 Å². The molecule has 0 aromatic heterocycles. The van der Waals surface area contributed by atoms with Gasteiger partial charge in [-0.1, -0.05) is 22.4 Å². The van der Waals surface area contributed by atoms with Gasteiger partial charge in [0.15, 0.2) is 0 Å². The summed E-state index contributed by atoms with van der Waals surface area (Å²) in [4.78, 5) is 0. The van der Waals surface area contributed by atoms with Crippen molar-refractivity contribution in [3.05, 3.63) is 34.1 Å². The lowest BCUT2D eigenvalue weighted by atomic mass is 9.98. The van der Waals surface area contributed by atoms with Crippen LogP contribution in [-0.2, 0) is 0 Å². The van der Waals surface area contributed by atoms with Crippen molar-refractivity contribution in [2.24, 2.45) is 0 Å². The Bertz CT molecular complexity index is 306. The van der Waals surface area contributed by atoms with E-state index in [2.05, 4.69) is 21.2 Å². The maximum Gasteiger partial charge on any atom is 0.124 e. The fourth-order valence-electron chi connectivity index (χ4n) is 1.91. The normalized spacial score (nSPS) is 20.8. The number of rotatable bonds is 1. The van der Waals surface area contributed by atoms with Gasteiger partial charge in [-0.15, -0.1) is 12.4 Å². The smallest absolute Gasteiger partial charge is 0.124 e. The largest absolute Gasteiger partial charge is 0.310 e. The number of hydrogen-bond acceptors (Lipinski definition) is 1. The maximum atomic E-state index is 13.1. The first kappa shape index (κ1) is 12.9. The number of benzene rings is 1. The summed E-state index contributed by atoms with van der Waals surface area (Å²) in [6.07, 6.45) is 3.56. The highest BCUT2D eigenvalue weighted by Gasteiger charge is 2.15. The van der Waals surface area contributed by atoms with Crippen LogP contribution in [0.5, 0.6) is 0 Å². The average Bonchev–Trinajstić information content (AvgIpc) is 2.18. The monoisotopic (exact) mass is 293 g/mol.